The second-order valence-corrected chi connectivity index (χ2v) is 4.66. The van der Waals surface area contributed by atoms with Gasteiger partial charge in [0.05, 0.1) is 0 Å². The fourth-order valence-corrected chi connectivity index (χ4v) is 2.39. The van der Waals surface area contributed by atoms with Crippen LogP contribution in [0.25, 0.3) is 0 Å². The van der Waals surface area contributed by atoms with E-state index in [1.807, 2.05) is 0 Å². The largest absolute Gasteiger partial charge is 0.304 e. The summed E-state index contributed by atoms with van der Waals surface area (Å²) < 4.78 is 0. The Labute approximate surface area is 101 Å². The van der Waals surface area contributed by atoms with Crippen molar-refractivity contribution in [1.82, 2.24) is 14.7 Å². The zero-order chi connectivity index (χ0) is 11.8. The molecule has 1 rings (SSSR count). The minimum absolute atomic E-state index is 1.19. The van der Waals surface area contributed by atoms with Crippen molar-refractivity contribution in [3.05, 3.63) is 0 Å². The normalized spacial score (nSPS) is 19.5. The first-order valence-electron chi connectivity index (χ1n) is 6.97. The molecule has 16 heavy (non-hydrogen) atoms. The van der Waals surface area contributed by atoms with Gasteiger partial charge in [-0.25, -0.2) is 0 Å². The third kappa shape index (κ3) is 4.81. The van der Waals surface area contributed by atoms with Gasteiger partial charge in [0.1, 0.15) is 0 Å². The van der Waals surface area contributed by atoms with Crippen LogP contribution in [0, 0.1) is 0 Å². The fraction of sp³-hybridized carbons (Fsp3) is 1.00. The summed E-state index contributed by atoms with van der Waals surface area (Å²) in [6, 6.07) is 0. The van der Waals surface area contributed by atoms with Gasteiger partial charge in [-0.3, -0.25) is 0 Å². The Morgan fingerprint density at radius 2 is 1.44 bits per heavy atom. The lowest BCUT2D eigenvalue weighted by Gasteiger charge is -2.34. The molecular weight excluding hydrogens is 198 g/mol. The molecule has 0 atom stereocenters. The van der Waals surface area contributed by atoms with Crippen molar-refractivity contribution in [2.24, 2.45) is 0 Å². The zero-order valence-electron chi connectivity index (χ0n) is 11.4. The number of hydrogen-bond acceptors (Lipinski definition) is 3. The third-order valence-corrected chi connectivity index (χ3v) is 3.76. The van der Waals surface area contributed by atoms with E-state index < -0.39 is 0 Å². The number of likely N-dealkylation sites (N-methyl/N-ethyl adjacent to an activating group) is 1. The van der Waals surface area contributed by atoms with Crippen LogP contribution in [0.5, 0.6) is 0 Å². The van der Waals surface area contributed by atoms with E-state index in [4.69, 9.17) is 0 Å². The Bertz CT molecular complexity index is 161. The lowest BCUT2D eigenvalue weighted by molar-refractivity contribution is 0.132. The first-order valence-corrected chi connectivity index (χ1v) is 6.97. The van der Waals surface area contributed by atoms with Crippen LogP contribution >= 0.6 is 0 Å². The van der Waals surface area contributed by atoms with Crippen molar-refractivity contribution in [3.8, 4) is 0 Å². The first kappa shape index (κ1) is 13.9. The van der Waals surface area contributed by atoms with Crippen LogP contribution in [0.15, 0.2) is 0 Å². The van der Waals surface area contributed by atoms with Crippen LogP contribution in [0.1, 0.15) is 27.2 Å². The van der Waals surface area contributed by atoms with Crippen molar-refractivity contribution < 1.29 is 0 Å². The van der Waals surface area contributed by atoms with Gasteiger partial charge in [0.25, 0.3) is 0 Å². The summed E-state index contributed by atoms with van der Waals surface area (Å²) in [5.41, 5.74) is 0. The third-order valence-electron chi connectivity index (χ3n) is 3.76. The molecule has 0 radical (unpaired) electrons. The maximum absolute atomic E-state index is 2.62. The van der Waals surface area contributed by atoms with E-state index >= 15 is 0 Å². The van der Waals surface area contributed by atoms with Crippen LogP contribution < -0.4 is 0 Å². The molecule has 0 aromatic heterocycles. The molecule has 1 aliphatic rings. The number of rotatable bonds is 7. The highest BCUT2D eigenvalue weighted by molar-refractivity contribution is 4.71. The molecular formula is C13H29N3. The SMILES string of the molecule is CCN(CC)CCCN1CCN(CC)CC1. The summed E-state index contributed by atoms with van der Waals surface area (Å²) in [6.45, 7) is 18.0. The lowest BCUT2D eigenvalue weighted by Crippen LogP contribution is -2.46. The molecule has 0 saturated carbocycles. The van der Waals surface area contributed by atoms with Crippen molar-refractivity contribution in [3.63, 3.8) is 0 Å². The van der Waals surface area contributed by atoms with Crippen LogP contribution in [-0.4, -0.2) is 73.6 Å². The van der Waals surface area contributed by atoms with Crippen LogP contribution in [0.4, 0.5) is 0 Å². The molecule has 0 unspecified atom stereocenters. The molecule has 1 heterocycles. The highest BCUT2D eigenvalue weighted by Gasteiger charge is 2.14. The van der Waals surface area contributed by atoms with Gasteiger partial charge >= 0.3 is 0 Å². The molecule has 1 fully saturated rings. The molecule has 0 spiro atoms. The van der Waals surface area contributed by atoms with E-state index in [1.165, 1.54) is 65.3 Å². The van der Waals surface area contributed by atoms with Crippen molar-refractivity contribution in [1.29, 1.82) is 0 Å². The standard InChI is InChI=1S/C13H29N3/c1-4-14(5-2)8-7-9-16-12-10-15(6-3)11-13-16/h4-13H2,1-3H3. The van der Waals surface area contributed by atoms with Gasteiger partial charge in [-0.2, -0.15) is 0 Å². The predicted molar refractivity (Wildman–Crippen MR) is 71.0 cm³/mol. The highest BCUT2D eigenvalue weighted by Crippen LogP contribution is 2.02. The zero-order valence-corrected chi connectivity index (χ0v) is 11.4. The van der Waals surface area contributed by atoms with E-state index in [1.54, 1.807) is 0 Å². The quantitative estimate of drug-likeness (QED) is 0.650. The number of nitrogens with zero attached hydrogens (tertiary/aromatic N) is 3. The average Bonchev–Trinajstić information content (AvgIpc) is 2.35. The van der Waals surface area contributed by atoms with Crippen molar-refractivity contribution >= 4 is 0 Å². The number of piperazine rings is 1. The first-order chi connectivity index (χ1) is 7.80. The predicted octanol–water partition coefficient (Wildman–Crippen LogP) is 1.36. The maximum Gasteiger partial charge on any atom is 0.0110 e. The van der Waals surface area contributed by atoms with Crippen LogP contribution in [0.3, 0.4) is 0 Å². The second-order valence-electron chi connectivity index (χ2n) is 4.66. The molecule has 1 saturated heterocycles. The molecule has 0 aromatic rings. The van der Waals surface area contributed by atoms with E-state index in [9.17, 15) is 0 Å². The molecule has 1 aliphatic heterocycles. The Kier molecular flexibility index (Phi) is 7.01. The minimum atomic E-state index is 1.19. The van der Waals surface area contributed by atoms with Gasteiger partial charge in [-0.1, -0.05) is 20.8 Å². The van der Waals surface area contributed by atoms with Gasteiger partial charge in [0.2, 0.25) is 0 Å². The van der Waals surface area contributed by atoms with Gasteiger partial charge in [-0.05, 0) is 39.1 Å². The second kappa shape index (κ2) is 8.04. The fourth-order valence-electron chi connectivity index (χ4n) is 2.39. The van der Waals surface area contributed by atoms with E-state index in [0.29, 0.717) is 0 Å². The molecule has 0 bridgehead atoms. The Balaban J connectivity index is 2.06. The number of hydrogen-bond donors (Lipinski definition) is 0. The summed E-state index contributed by atoms with van der Waals surface area (Å²) in [7, 11) is 0. The van der Waals surface area contributed by atoms with E-state index in [-0.39, 0.29) is 0 Å². The summed E-state index contributed by atoms with van der Waals surface area (Å²) >= 11 is 0. The molecule has 0 aromatic carbocycles. The summed E-state index contributed by atoms with van der Waals surface area (Å²) in [4.78, 5) is 7.68. The van der Waals surface area contributed by atoms with E-state index in [0.717, 1.165) is 0 Å². The molecule has 3 heteroatoms. The van der Waals surface area contributed by atoms with Gasteiger partial charge < -0.3 is 14.7 Å². The lowest BCUT2D eigenvalue weighted by atomic mass is 10.3. The van der Waals surface area contributed by atoms with Crippen molar-refractivity contribution in [2.75, 3.05) is 58.9 Å². The van der Waals surface area contributed by atoms with E-state index in [2.05, 4.69) is 35.5 Å². The van der Waals surface area contributed by atoms with Gasteiger partial charge in [0, 0.05) is 26.2 Å². The molecule has 96 valence electrons. The maximum atomic E-state index is 2.62. The summed E-state index contributed by atoms with van der Waals surface area (Å²) in [5.74, 6) is 0. The molecule has 0 amide bonds. The molecule has 0 N–H and O–H groups in total. The Morgan fingerprint density at radius 1 is 0.875 bits per heavy atom. The Morgan fingerprint density at radius 3 is 1.94 bits per heavy atom. The van der Waals surface area contributed by atoms with Crippen molar-refractivity contribution in [2.45, 2.75) is 27.2 Å². The van der Waals surface area contributed by atoms with Gasteiger partial charge in [0.15, 0.2) is 0 Å². The highest BCUT2D eigenvalue weighted by atomic mass is 15.3. The average molecular weight is 227 g/mol. The monoisotopic (exact) mass is 227 g/mol. The topological polar surface area (TPSA) is 9.72 Å². The minimum Gasteiger partial charge on any atom is -0.304 e. The molecule has 3 nitrogen and oxygen atoms in total. The summed E-state index contributed by atoms with van der Waals surface area (Å²) in [6.07, 6.45) is 1.33. The van der Waals surface area contributed by atoms with Gasteiger partial charge in [-0.15, -0.1) is 0 Å². The van der Waals surface area contributed by atoms with Crippen LogP contribution in [0.2, 0.25) is 0 Å². The molecule has 0 aliphatic carbocycles. The summed E-state index contributed by atoms with van der Waals surface area (Å²) in [5, 5.41) is 0. The Hall–Kier alpha value is -0.120. The smallest absolute Gasteiger partial charge is 0.0110 e. The van der Waals surface area contributed by atoms with Crippen LogP contribution in [-0.2, 0) is 0 Å².